The van der Waals surface area contributed by atoms with Gasteiger partial charge in [-0.25, -0.2) is 0 Å². The zero-order chi connectivity index (χ0) is 43.7. The number of esters is 3. The van der Waals surface area contributed by atoms with Crippen LogP contribution in [0, 0.1) is 0 Å². The number of carbonyl (C=O) groups is 3. The maximum absolute atomic E-state index is 12.8. The molecule has 0 fully saturated rings. The summed E-state index contributed by atoms with van der Waals surface area (Å²) < 4.78 is 16.8. The van der Waals surface area contributed by atoms with E-state index in [0.29, 0.717) is 19.3 Å². The average molecular weight is 837 g/mol. The van der Waals surface area contributed by atoms with Crippen LogP contribution in [0.2, 0.25) is 0 Å². The Morgan fingerprint density at radius 3 is 1.20 bits per heavy atom. The molecule has 0 bridgehead atoms. The van der Waals surface area contributed by atoms with Crippen molar-refractivity contribution in [2.45, 2.75) is 239 Å². The molecule has 0 aromatic heterocycles. The van der Waals surface area contributed by atoms with E-state index in [1.54, 1.807) is 0 Å². The second-order valence-electron chi connectivity index (χ2n) is 16.4. The second-order valence-corrected chi connectivity index (χ2v) is 16.4. The van der Waals surface area contributed by atoms with Crippen molar-refractivity contribution in [3.63, 3.8) is 0 Å². The minimum Gasteiger partial charge on any atom is -0.462 e. The zero-order valence-electron chi connectivity index (χ0n) is 39.2. The largest absolute Gasteiger partial charge is 0.462 e. The molecular formula is C54H92O6. The molecule has 1 unspecified atom stereocenters. The fourth-order valence-electron chi connectivity index (χ4n) is 6.84. The molecule has 0 aliphatic carbocycles. The molecule has 0 saturated carbocycles. The summed E-state index contributed by atoms with van der Waals surface area (Å²) in [6.45, 7) is 6.37. The Morgan fingerprint density at radius 1 is 0.367 bits per heavy atom. The van der Waals surface area contributed by atoms with Crippen molar-refractivity contribution in [2.75, 3.05) is 13.2 Å². The minimum atomic E-state index is -0.787. The van der Waals surface area contributed by atoms with Crippen LogP contribution in [0.1, 0.15) is 233 Å². The van der Waals surface area contributed by atoms with Gasteiger partial charge in [-0.1, -0.05) is 222 Å². The smallest absolute Gasteiger partial charge is 0.306 e. The van der Waals surface area contributed by atoms with Crippen molar-refractivity contribution >= 4 is 17.9 Å². The van der Waals surface area contributed by atoms with Gasteiger partial charge in [-0.05, 0) is 64.2 Å². The molecular weight excluding hydrogens is 745 g/mol. The van der Waals surface area contributed by atoms with E-state index in [4.69, 9.17) is 14.2 Å². The van der Waals surface area contributed by atoms with Crippen molar-refractivity contribution in [1.82, 2.24) is 0 Å². The fraction of sp³-hybridized carbons (Fsp3) is 0.722. The van der Waals surface area contributed by atoms with E-state index in [1.807, 2.05) is 18.2 Å². The van der Waals surface area contributed by atoms with Crippen molar-refractivity contribution in [3.8, 4) is 0 Å². The highest BCUT2D eigenvalue weighted by molar-refractivity contribution is 5.71. The summed E-state index contributed by atoms with van der Waals surface area (Å²) in [5, 5.41) is 0. The third-order valence-corrected chi connectivity index (χ3v) is 10.6. The van der Waals surface area contributed by atoms with Gasteiger partial charge in [0.05, 0.1) is 0 Å². The summed E-state index contributed by atoms with van der Waals surface area (Å²) in [6.07, 6.45) is 60.2. The van der Waals surface area contributed by atoms with Crippen molar-refractivity contribution in [2.24, 2.45) is 0 Å². The van der Waals surface area contributed by atoms with Gasteiger partial charge in [-0.2, -0.15) is 0 Å². The molecule has 0 heterocycles. The monoisotopic (exact) mass is 837 g/mol. The van der Waals surface area contributed by atoms with Gasteiger partial charge < -0.3 is 14.2 Å². The van der Waals surface area contributed by atoms with Crippen LogP contribution in [0.5, 0.6) is 0 Å². The molecule has 0 radical (unpaired) electrons. The van der Waals surface area contributed by atoms with E-state index in [9.17, 15) is 14.4 Å². The predicted molar refractivity (Wildman–Crippen MR) is 256 cm³/mol. The first kappa shape index (κ1) is 56.9. The Labute approximate surface area is 370 Å². The first-order valence-electron chi connectivity index (χ1n) is 25.0. The minimum absolute atomic E-state index is 0.0852. The highest BCUT2D eigenvalue weighted by Gasteiger charge is 2.19. The maximum Gasteiger partial charge on any atom is 0.306 e. The van der Waals surface area contributed by atoms with Gasteiger partial charge in [0.15, 0.2) is 6.10 Å². The van der Waals surface area contributed by atoms with Crippen LogP contribution in [0.3, 0.4) is 0 Å². The number of rotatable bonds is 44. The first-order chi connectivity index (χ1) is 29.5. The number of hydrogen-bond donors (Lipinski definition) is 0. The molecule has 0 aromatic rings. The quantitative estimate of drug-likeness (QED) is 0.0200. The summed E-state index contributed by atoms with van der Waals surface area (Å²) in [4.78, 5) is 37.9. The van der Waals surface area contributed by atoms with Gasteiger partial charge in [-0.3, -0.25) is 14.4 Å². The summed E-state index contributed by atoms with van der Waals surface area (Å²) >= 11 is 0. The SMILES string of the molecule is CC\C=C/C=C\C=C/C=C\CCCCCCCC(=O)OCC(COC(=O)CCCCCCCCCCCCCCC)OC(=O)CCCCCCCCC/C=C\C/C=C\CC. The lowest BCUT2D eigenvalue weighted by Crippen LogP contribution is -2.30. The first-order valence-corrected chi connectivity index (χ1v) is 25.0. The van der Waals surface area contributed by atoms with E-state index in [1.165, 1.54) is 89.9 Å². The molecule has 0 aromatic carbocycles. The van der Waals surface area contributed by atoms with E-state index >= 15 is 0 Å². The van der Waals surface area contributed by atoms with Crippen LogP contribution in [0.4, 0.5) is 0 Å². The van der Waals surface area contributed by atoms with Gasteiger partial charge >= 0.3 is 17.9 Å². The van der Waals surface area contributed by atoms with E-state index in [-0.39, 0.29) is 31.1 Å². The van der Waals surface area contributed by atoms with E-state index in [2.05, 4.69) is 75.5 Å². The van der Waals surface area contributed by atoms with Gasteiger partial charge in [0.25, 0.3) is 0 Å². The normalized spacial score (nSPS) is 12.7. The standard InChI is InChI=1S/C54H92O6/c1-4-7-10-13-16-19-22-25-27-30-32-35-38-41-44-47-53(56)59-50-51(49-58-52(55)46-43-40-37-34-31-28-24-21-18-15-12-9-6-3)60-54(57)48-45-42-39-36-33-29-26-23-20-17-14-11-8-5-2/h7-8,10-11,13,16-17,19-20,22,25,27,51H,4-6,9,12,14-15,18,21,23-24,26,28-50H2,1-3H3/b10-7-,11-8-,16-13-,20-17-,22-19-,27-25-. The van der Waals surface area contributed by atoms with Crippen LogP contribution in [0.25, 0.3) is 0 Å². The zero-order valence-corrected chi connectivity index (χ0v) is 39.2. The highest BCUT2D eigenvalue weighted by atomic mass is 16.6. The fourth-order valence-corrected chi connectivity index (χ4v) is 6.84. The third kappa shape index (κ3) is 45.9. The van der Waals surface area contributed by atoms with Gasteiger partial charge in [-0.15, -0.1) is 0 Å². The lowest BCUT2D eigenvalue weighted by Gasteiger charge is -2.18. The van der Waals surface area contributed by atoms with Crippen LogP contribution >= 0.6 is 0 Å². The molecule has 0 spiro atoms. The third-order valence-electron chi connectivity index (χ3n) is 10.6. The van der Waals surface area contributed by atoms with E-state index in [0.717, 1.165) is 103 Å². The molecule has 0 saturated heterocycles. The molecule has 0 amide bonds. The highest BCUT2D eigenvalue weighted by Crippen LogP contribution is 2.15. The molecule has 60 heavy (non-hydrogen) atoms. The second kappa shape index (κ2) is 48.5. The summed E-state index contributed by atoms with van der Waals surface area (Å²) in [7, 11) is 0. The topological polar surface area (TPSA) is 78.9 Å². The lowest BCUT2D eigenvalue weighted by atomic mass is 10.0. The molecule has 0 aliphatic heterocycles. The summed E-state index contributed by atoms with van der Waals surface area (Å²) in [5.41, 5.74) is 0. The molecule has 0 N–H and O–H groups in total. The maximum atomic E-state index is 12.8. The molecule has 0 aliphatic rings. The average Bonchev–Trinajstić information content (AvgIpc) is 3.24. The van der Waals surface area contributed by atoms with Gasteiger partial charge in [0.2, 0.25) is 0 Å². The Bertz CT molecular complexity index is 1140. The van der Waals surface area contributed by atoms with Crippen molar-refractivity contribution in [1.29, 1.82) is 0 Å². The number of carbonyl (C=O) groups excluding carboxylic acids is 3. The Hall–Kier alpha value is -3.15. The molecule has 6 nitrogen and oxygen atoms in total. The van der Waals surface area contributed by atoms with Crippen LogP contribution in [-0.2, 0) is 28.6 Å². The van der Waals surface area contributed by atoms with E-state index < -0.39 is 6.10 Å². The Balaban J connectivity index is 4.43. The van der Waals surface area contributed by atoms with Crippen LogP contribution in [-0.4, -0.2) is 37.2 Å². The van der Waals surface area contributed by atoms with Gasteiger partial charge in [0.1, 0.15) is 13.2 Å². The van der Waals surface area contributed by atoms with Crippen LogP contribution in [0.15, 0.2) is 72.9 Å². The molecule has 6 heteroatoms. The summed E-state index contributed by atoms with van der Waals surface area (Å²) in [5.74, 6) is -0.916. The molecule has 344 valence electrons. The van der Waals surface area contributed by atoms with Crippen LogP contribution < -0.4 is 0 Å². The number of hydrogen-bond acceptors (Lipinski definition) is 6. The Kier molecular flexibility index (Phi) is 46.0. The predicted octanol–water partition coefficient (Wildman–Crippen LogP) is 16.3. The van der Waals surface area contributed by atoms with Crippen molar-refractivity contribution < 1.29 is 28.6 Å². The Morgan fingerprint density at radius 2 is 0.733 bits per heavy atom. The van der Waals surface area contributed by atoms with Gasteiger partial charge in [0, 0.05) is 19.3 Å². The lowest BCUT2D eigenvalue weighted by molar-refractivity contribution is -0.167. The summed E-state index contributed by atoms with van der Waals surface area (Å²) in [6, 6.07) is 0. The number of allylic oxidation sites excluding steroid dienone is 12. The number of ether oxygens (including phenoxy) is 3. The number of unbranched alkanes of at least 4 members (excludes halogenated alkanes) is 24. The van der Waals surface area contributed by atoms with Crippen molar-refractivity contribution in [3.05, 3.63) is 72.9 Å². The molecule has 1 atom stereocenters. The molecule has 0 rings (SSSR count).